The van der Waals surface area contributed by atoms with Crippen molar-refractivity contribution in [3.63, 3.8) is 0 Å². The van der Waals surface area contributed by atoms with Gasteiger partial charge in [-0.2, -0.15) is 0 Å². The van der Waals surface area contributed by atoms with Crippen molar-refractivity contribution in [2.75, 3.05) is 7.11 Å². The molecule has 0 spiro atoms. The van der Waals surface area contributed by atoms with Gasteiger partial charge in [0.2, 0.25) is 0 Å². The highest BCUT2D eigenvalue weighted by Gasteiger charge is 2.52. The fourth-order valence-electron chi connectivity index (χ4n) is 4.05. The molecule has 96 valence electrons. The van der Waals surface area contributed by atoms with Crippen molar-refractivity contribution in [2.24, 2.45) is 17.8 Å². The number of fused-ring (bicyclic) bond motifs is 2. The molecule has 2 aliphatic carbocycles. The van der Waals surface area contributed by atoms with E-state index in [1.165, 1.54) is 18.4 Å². The van der Waals surface area contributed by atoms with Crippen LogP contribution in [0.1, 0.15) is 32.6 Å². The Kier molecular flexibility index (Phi) is 3.01. The van der Waals surface area contributed by atoms with Gasteiger partial charge in [0.1, 0.15) is 0 Å². The number of hydrogen-bond donors (Lipinski definition) is 1. The number of aliphatic hydroxyl groups is 1. The molecular formula is C14H22O3. The standard InChI is InChI=1S/C14H22O3/c1-8-12-11(14(16-2)17-8)7-9-5-3-4-6-10(9)13(12)15/h5,8,10-15H,3-4,6-7H2,1-2H3/t8-,10-,11-,12-,13+,14-/m1/s1. The Balaban J connectivity index is 1.88. The Morgan fingerprint density at radius 1 is 1.47 bits per heavy atom. The first-order valence-electron chi connectivity index (χ1n) is 6.77. The van der Waals surface area contributed by atoms with Crippen LogP contribution in [0.25, 0.3) is 0 Å². The topological polar surface area (TPSA) is 38.7 Å². The highest BCUT2D eigenvalue weighted by Crippen LogP contribution is 2.49. The molecule has 3 heteroatoms. The van der Waals surface area contributed by atoms with Crippen molar-refractivity contribution in [3.05, 3.63) is 11.6 Å². The number of methoxy groups -OCH3 is 1. The van der Waals surface area contributed by atoms with Gasteiger partial charge in [0, 0.05) is 24.9 Å². The molecule has 0 aromatic heterocycles. The quantitative estimate of drug-likeness (QED) is 0.711. The van der Waals surface area contributed by atoms with Crippen LogP contribution in [0.2, 0.25) is 0 Å². The van der Waals surface area contributed by atoms with Crippen LogP contribution in [0.15, 0.2) is 11.6 Å². The van der Waals surface area contributed by atoms with Gasteiger partial charge in [-0.15, -0.1) is 0 Å². The molecule has 3 rings (SSSR count). The zero-order valence-electron chi connectivity index (χ0n) is 10.6. The lowest BCUT2D eigenvalue weighted by molar-refractivity contribution is -0.128. The predicted molar refractivity (Wildman–Crippen MR) is 64.4 cm³/mol. The van der Waals surface area contributed by atoms with Gasteiger partial charge in [0.25, 0.3) is 0 Å². The molecule has 0 aromatic carbocycles. The molecule has 1 heterocycles. The molecule has 0 unspecified atom stereocenters. The van der Waals surface area contributed by atoms with E-state index in [4.69, 9.17) is 9.47 Å². The third kappa shape index (κ3) is 1.76. The van der Waals surface area contributed by atoms with Crippen LogP contribution >= 0.6 is 0 Å². The van der Waals surface area contributed by atoms with E-state index in [9.17, 15) is 5.11 Å². The van der Waals surface area contributed by atoms with Crippen molar-refractivity contribution >= 4 is 0 Å². The summed E-state index contributed by atoms with van der Waals surface area (Å²) >= 11 is 0. The third-order valence-electron chi connectivity index (χ3n) is 4.85. The van der Waals surface area contributed by atoms with E-state index < -0.39 is 0 Å². The van der Waals surface area contributed by atoms with Crippen LogP contribution in [0.3, 0.4) is 0 Å². The van der Waals surface area contributed by atoms with Crippen LogP contribution in [0.4, 0.5) is 0 Å². The molecule has 0 aromatic rings. The lowest BCUT2D eigenvalue weighted by atomic mass is 9.65. The van der Waals surface area contributed by atoms with Gasteiger partial charge in [-0.1, -0.05) is 11.6 Å². The van der Waals surface area contributed by atoms with Crippen LogP contribution < -0.4 is 0 Å². The van der Waals surface area contributed by atoms with E-state index in [0.29, 0.717) is 11.8 Å². The smallest absolute Gasteiger partial charge is 0.161 e. The lowest BCUT2D eigenvalue weighted by Gasteiger charge is -2.41. The van der Waals surface area contributed by atoms with Crippen molar-refractivity contribution in [2.45, 2.75) is 51.1 Å². The summed E-state index contributed by atoms with van der Waals surface area (Å²) in [6.07, 6.45) is 6.65. The first-order valence-corrected chi connectivity index (χ1v) is 6.77. The van der Waals surface area contributed by atoms with E-state index in [0.717, 1.165) is 12.8 Å². The Labute approximate surface area is 103 Å². The SMILES string of the molecule is CO[C@@H]1O[C@H](C)[C@H]2[C@@H](O)[C@@H]3CCCC=C3C[C@@H]12. The van der Waals surface area contributed by atoms with E-state index >= 15 is 0 Å². The van der Waals surface area contributed by atoms with Gasteiger partial charge in [-0.25, -0.2) is 0 Å². The summed E-state index contributed by atoms with van der Waals surface area (Å²) in [6, 6.07) is 0. The van der Waals surface area contributed by atoms with Gasteiger partial charge in [-0.05, 0) is 32.6 Å². The number of aliphatic hydroxyl groups excluding tert-OH is 1. The van der Waals surface area contributed by atoms with Crippen LogP contribution in [0.5, 0.6) is 0 Å². The molecule has 2 fully saturated rings. The van der Waals surface area contributed by atoms with Crippen LogP contribution in [0, 0.1) is 17.8 Å². The van der Waals surface area contributed by atoms with Crippen LogP contribution in [-0.4, -0.2) is 30.7 Å². The first kappa shape index (κ1) is 11.7. The van der Waals surface area contributed by atoms with Gasteiger partial charge >= 0.3 is 0 Å². The maximum absolute atomic E-state index is 10.6. The summed E-state index contributed by atoms with van der Waals surface area (Å²) in [5.41, 5.74) is 1.45. The Morgan fingerprint density at radius 3 is 3.06 bits per heavy atom. The van der Waals surface area contributed by atoms with Gasteiger partial charge in [-0.3, -0.25) is 0 Å². The Morgan fingerprint density at radius 2 is 2.29 bits per heavy atom. The molecule has 3 aliphatic rings. The van der Waals surface area contributed by atoms with E-state index in [2.05, 4.69) is 13.0 Å². The molecule has 0 radical (unpaired) electrons. The summed E-state index contributed by atoms with van der Waals surface area (Å²) < 4.78 is 11.2. The van der Waals surface area contributed by atoms with Crippen molar-refractivity contribution in [3.8, 4) is 0 Å². The van der Waals surface area contributed by atoms with E-state index in [-0.39, 0.29) is 24.4 Å². The highest BCUT2D eigenvalue weighted by atomic mass is 16.7. The summed E-state index contributed by atoms with van der Waals surface area (Å²) in [5.74, 6) is 0.970. The fraction of sp³-hybridized carbons (Fsp3) is 0.857. The average molecular weight is 238 g/mol. The molecule has 0 amide bonds. The zero-order chi connectivity index (χ0) is 12.0. The minimum atomic E-state index is -0.240. The summed E-state index contributed by atoms with van der Waals surface area (Å²) in [4.78, 5) is 0. The van der Waals surface area contributed by atoms with E-state index in [1.807, 2.05) is 0 Å². The number of hydrogen-bond acceptors (Lipinski definition) is 3. The highest BCUT2D eigenvalue weighted by molar-refractivity contribution is 5.19. The van der Waals surface area contributed by atoms with Gasteiger partial charge in [0.05, 0.1) is 12.2 Å². The van der Waals surface area contributed by atoms with Gasteiger partial charge < -0.3 is 14.6 Å². The number of rotatable bonds is 1. The summed E-state index contributed by atoms with van der Waals surface area (Å²) in [7, 11) is 1.70. The van der Waals surface area contributed by atoms with Gasteiger partial charge in [0.15, 0.2) is 6.29 Å². The monoisotopic (exact) mass is 238 g/mol. The third-order valence-corrected chi connectivity index (χ3v) is 4.85. The van der Waals surface area contributed by atoms with Crippen molar-refractivity contribution in [1.82, 2.24) is 0 Å². The number of allylic oxidation sites excluding steroid dienone is 1. The molecule has 1 saturated heterocycles. The molecule has 0 bridgehead atoms. The Hall–Kier alpha value is -0.380. The maximum Gasteiger partial charge on any atom is 0.161 e. The molecule has 17 heavy (non-hydrogen) atoms. The maximum atomic E-state index is 10.6. The van der Waals surface area contributed by atoms with Crippen LogP contribution in [-0.2, 0) is 9.47 Å². The minimum absolute atomic E-state index is 0.114. The fourth-order valence-corrected chi connectivity index (χ4v) is 4.05. The molecule has 1 N–H and O–H groups in total. The molecule has 1 aliphatic heterocycles. The van der Waals surface area contributed by atoms with Crippen molar-refractivity contribution in [1.29, 1.82) is 0 Å². The Bertz CT molecular complexity index is 325. The first-order chi connectivity index (χ1) is 8.22. The lowest BCUT2D eigenvalue weighted by Crippen LogP contribution is -2.44. The average Bonchev–Trinajstić information content (AvgIpc) is 2.66. The zero-order valence-corrected chi connectivity index (χ0v) is 10.6. The summed E-state index contributed by atoms with van der Waals surface area (Å²) in [6.45, 7) is 2.07. The molecular weight excluding hydrogens is 216 g/mol. The second-order valence-corrected chi connectivity index (χ2v) is 5.70. The van der Waals surface area contributed by atoms with Crippen molar-refractivity contribution < 1.29 is 14.6 Å². The molecule has 3 nitrogen and oxygen atoms in total. The predicted octanol–water partition coefficient (Wildman–Crippen LogP) is 2.10. The normalized spacial score (nSPS) is 49.5. The molecule has 6 atom stereocenters. The summed E-state index contributed by atoms with van der Waals surface area (Å²) in [5, 5.41) is 10.6. The molecule has 1 saturated carbocycles. The van der Waals surface area contributed by atoms with E-state index in [1.54, 1.807) is 7.11 Å². The largest absolute Gasteiger partial charge is 0.392 e. The second kappa shape index (κ2) is 4.38. The second-order valence-electron chi connectivity index (χ2n) is 5.70. The minimum Gasteiger partial charge on any atom is -0.392 e. The number of ether oxygens (including phenoxy) is 2.